The quantitative estimate of drug-likeness (QED) is 0.871. The fourth-order valence-corrected chi connectivity index (χ4v) is 3.34. The number of amides is 1. The van der Waals surface area contributed by atoms with Crippen molar-refractivity contribution in [2.24, 2.45) is 13.0 Å². The highest BCUT2D eigenvalue weighted by Crippen LogP contribution is 2.22. The Balaban J connectivity index is 1.68. The maximum absolute atomic E-state index is 12.7. The molecule has 0 unspecified atom stereocenters. The van der Waals surface area contributed by atoms with Crippen molar-refractivity contribution in [1.82, 2.24) is 9.47 Å². The molecule has 0 spiro atoms. The van der Waals surface area contributed by atoms with Gasteiger partial charge in [-0.2, -0.15) is 0 Å². The number of rotatable bonds is 3. The topological polar surface area (TPSA) is 42.3 Å². The number of benzene rings is 1. The van der Waals surface area contributed by atoms with E-state index in [0.29, 0.717) is 11.5 Å². The molecule has 2 aromatic rings. The lowest BCUT2D eigenvalue weighted by Crippen LogP contribution is -2.41. The maximum Gasteiger partial charge on any atom is 0.254 e. The summed E-state index contributed by atoms with van der Waals surface area (Å²) in [5.41, 5.74) is 2.95. The van der Waals surface area contributed by atoms with E-state index < -0.39 is 0 Å². The Bertz CT molecular complexity index is 777. The van der Waals surface area contributed by atoms with E-state index in [9.17, 15) is 9.59 Å². The molecular formula is C20H24N2O2. The van der Waals surface area contributed by atoms with Gasteiger partial charge in [0.25, 0.3) is 11.5 Å². The SMILES string of the molecule is Cc1ccc(C[C@@H]2CCCN(C(=O)c3ccn(C)c(=O)c3)C2)cc1. The van der Waals surface area contributed by atoms with E-state index in [1.54, 1.807) is 19.3 Å². The first-order valence-electron chi connectivity index (χ1n) is 8.54. The van der Waals surface area contributed by atoms with Crippen LogP contribution in [0.25, 0.3) is 0 Å². The van der Waals surface area contributed by atoms with Crippen molar-refractivity contribution in [1.29, 1.82) is 0 Å². The Kier molecular flexibility index (Phi) is 4.84. The Morgan fingerprint density at radius 3 is 2.67 bits per heavy atom. The molecule has 4 nitrogen and oxygen atoms in total. The van der Waals surface area contributed by atoms with E-state index in [1.165, 1.54) is 21.8 Å². The van der Waals surface area contributed by atoms with Crippen molar-refractivity contribution in [3.8, 4) is 0 Å². The first-order chi connectivity index (χ1) is 11.5. The van der Waals surface area contributed by atoms with E-state index in [0.717, 1.165) is 32.4 Å². The van der Waals surface area contributed by atoms with Crippen molar-refractivity contribution in [2.45, 2.75) is 26.2 Å². The molecule has 1 aliphatic rings. The Hall–Kier alpha value is -2.36. The molecule has 0 N–H and O–H groups in total. The van der Waals surface area contributed by atoms with E-state index in [4.69, 9.17) is 0 Å². The summed E-state index contributed by atoms with van der Waals surface area (Å²) in [5.74, 6) is 0.457. The minimum atomic E-state index is -0.144. The third kappa shape index (κ3) is 3.75. The number of likely N-dealkylation sites (tertiary alicyclic amines) is 1. The highest BCUT2D eigenvalue weighted by Gasteiger charge is 2.24. The van der Waals surface area contributed by atoms with E-state index in [1.807, 2.05) is 4.90 Å². The Morgan fingerprint density at radius 2 is 1.96 bits per heavy atom. The number of carbonyl (C=O) groups is 1. The number of hydrogen-bond acceptors (Lipinski definition) is 2. The van der Waals surface area contributed by atoms with E-state index in [-0.39, 0.29) is 11.5 Å². The molecule has 4 heteroatoms. The number of aryl methyl sites for hydroxylation is 2. The molecule has 0 bridgehead atoms. The number of aromatic nitrogens is 1. The van der Waals surface area contributed by atoms with Crippen LogP contribution in [0.5, 0.6) is 0 Å². The van der Waals surface area contributed by atoms with Gasteiger partial charge in [0.05, 0.1) is 0 Å². The smallest absolute Gasteiger partial charge is 0.254 e. The van der Waals surface area contributed by atoms with E-state index >= 15 is 0 Å². The monoisotopic (exact) mass is 324 g/mol. The first kappa shape index (κ1) is 16.5. The lowest BCUT2D eigenvalue weighted by atomic mass is 9.90. The minimum Gasteiger partial charge on any atom is -0.338 e. The molecule has 2 heterocycles. The third-order valence-corrected chi connectivity index (χ3v) is 4.80. The Morgan fingerprint density at radius 1 is 1.21 bits per heavy atom. The zero-order chi connectivity index (χ0) is 17.1. The fraction of sp³-hybridized carbons (Fsp3) is 0.400. The van der Waals surface area contributed by atoms with Crippen molar-refractivity contribution >= 4 is 5.91 Å². The summed E-state index contributed by atoms with van der Waals surface area (Å²) in [6.07, 6.45) is 4.82. The summed E-state index contributed by atoms with van der Waals surface area (Å²) in [5, 5.41) is 0. The van der Waals surface area contributed by atoms with Gasteiger partial charge in [0, 0.05) is 38.0 Å². The van der Waals surface area contributed by atoms with Crippen molar-refractivity contribution in [3.63, 3.8) is 0 Å². The summed E-state index contributed by atoms with van der Waals surface area (Å²) in [6, 6.07) is 11.8. The predicted molar refractivity (Wildman–Crippen MR) is 95.2 cm³/mol. The molecule has 24 heavy (non-hydrogen) atoms. The fourth-order valence-electron chi connectivity index (χ4n) is 3.34. The van der Waals surface area contributed by atoms with Crippen LogP contribution in [0.15, 0.2) is 47.4 Å². The molecule has 1 aliphatic heterocycles. The second kappa shape index (κ2) is 7.04. The summed E-state index contributed by atoms with van der Waals surface area (Å²) in [4.78, 5) is 26.3. The molecule has 1 atom stereocenters. The van der Waals surface area contributed by atoms with Crippen LogP contribution in [-0.2, 0) is 13.5 Å². The van der Waals surface area contributed by atoms with Gasteiger partial charge in [0.15, 0.2) is 0 Å². The second-order valence-electron chi connectivity index (χ2n) is 6.81. The predicted octanol–water partition coefficient (Wildman–Crippen LogP) is 2.79. The highest BCUT2D eigenvalue weighted by molar-refractivity contribution is 5.94. The lowest BCUT2D eigenvalue weighted by molar-refractivity contribution is 0.0673. The van der Waals surface area contributed by atoms with Gasteiger partial charge < -0.3 is 9.47 Å². The average molecular weight is 324 g/mol. The van der Waals surface area contributed by atoms with Crippen LogP contribution in [0.2, 0.25) is 0 Å². The average Bonchev–Trinajstić information content (AvgIpc) is 2.59. The van der Waals surface area contributed by atoms with Gasteiger partial charge >= 0.3 is 0 Å². The molecule has 1 aromatic heterocycles. The Labute approximate surface area is 142 Å². The standard InChI is InChI=1S/C20H24N2O2/c1-15-5-7-16(8-6-15)12-17-4-3-10-22(14-17)20(24)18-9-11-21(2)19(23)13-18/h5-9,11,13,17H,3-4,10,12,14H2,1-2H3/t17-/m0/s1. The van der Waals surface area contributed by atoms with Gasteiger partial charge in [-0.1, -0.05) is 29.8 Å². The summed E-state index contributed by atoms with van der Waals surface area (Å²) < 4.78 is 1.48. The van der Waals surface area contributed by atoms with Crippen LogP contribution in [0.4, 0.5) is 0 Å². The van der Waals surface area contributed by atoms with Gasteiger partial charge in [-0.3, -0.25) is 9.59 Å². The highest BCUT2D eigenvalue weighted by atomic mass is 16.2. The third-order valence-electron chi connectivity index (χ3n) is 4.80. The lowest BCUT2D eigenvalue weighted by Gasteiger charge is -2.33. The number of carbonyl (C=O) groups excluding carboxylic acids is 1. The van der Waals surface area contributed by atoms with Gasteiger partial charge in [-0.15, -0.1) is 0 Å². The van der Waals surface area contributed by atoms with Crippen LogP contribution < -0.4 is 5.56 Å². The maximum atomic E-state index is 12.7. The molecule has 0 aliphatic carbocycles. The van der Waals surface area contributed by atoms with Crippen LogP contribution in [0.3, 0.4) is 0 Å². The number of hydrogen-bond donors (Lipinski definition) is 0. The minimum absolute atomic E-state index is 0.0266. The summed E-state index contributed by atoms with van der Waals surface area (Å²) in [7, 11) is 1.69. The van der Waals surface area contributed by atoms with Crippen molar-refractivity contribution in [3.05, 3.63) is 69.6 Å². The largest absolute Gasteiger partial charge is 0.338 e. The van der Waals surface area contributed by atoms with Gasteiger partial charge in [0.1, 0.15) is 0 Å². The van der Waals surface area contributed by atoms with Crippen LogP contribution in [-0.4, -0.2) is 28.5 Å². The van der Waals surface area contributed by atoms with Gasteiger partial charge in [0.2, 0.25) is 0 Å². The molecule has 126 valence electrons. The second-order valence-corrected chi connectivity index (χ2v) is 6.81. The molecule has 1 fully saturated rings. The summed E-state index contributed by atoms with van der Waals surface area (Å²) >= 11 is 0. The van der Waals surface area contributed by atoms with Crippen LogP contribution in [0.1, 0.15) is 34.3 Å². The zero-order valence-electron chi connectivity index (χ0n) is 14.4. The van der Waals surface area contributed by atoms with Crippen LogP contribution in [0, 0.1) is 12.8 Å². The zero-order valence-corrected chi connectivity index (χ0v) is 14.4. The molecule has 3 rings (SSSR count). The van der Waals surface area contributed by atoms with Crippen LogP contribution >= 0.6 is 0 Å². The normalized spacial score (nSPS) is 17.8. The summed E-state index contributed by atoms with van der Waals surface area (Å²) in [6.45, 7) is 3.63. The molecule has 1 amide bonds. The molecule has 0 radical (unpaired) electrons. The first-order valence-corrected chi connectivity index (χ1v) is 8.54. The molecule has 0 saturated carbocycles. The molecule has 1 saturated heterocycles. The van der Waals surface area contributed by atoms with E-state index in [2.05, 4.69) is 31.2 Å². The van der Waals surface area contributed by atoms with Gasteiger partial charge in [-0.05, 0) is 43.7 Å². The number of nitrogens with zero attached hydrogens (tertiary/aromatic N) is 2. The number of pyridine rings is 1. The molecular weight excluding hydrogens is 300 g/mol. The molecule has 1 aromatic carbocycles. The number of piperidine rings is 1. The van der Waals surface area contributed by atoms with Gasteiger partial charge in [-0.25, -0.2) is 0 Å². The van der Waals surface area contributed by atoms with Crippen molar-refractivity contribution < 1.29 is 4.79 Å². The van der Waals surface area contributed by atoms with Crippen molar-refractivity contribution in [2.75, 3.05) is 13.1 Å².